The van der Waals surface area contributed by atoms with Crippen LogP contribution in [0.15, 0.2) is 30.4 Å². The Labute approximate surface area is 118 Å². The Morgan fingerprint density at radius 1 is 1.25 bits per heavy atom. The smallest absolute Gasteiger partial charge is 0.406 e. The number of rotatable bonds is 6. The van der Waals surface area contributed by atoms with Crippen molar-refractivity contribution in [2.75, 3.05) is 0 Å². The first-order chi connectivity index (χ1) is 9.33. The molecule has 112 valence electrons. The van der Waals surface area contributed by atoms with Crippen LogP contribution >= 0.6 is 0 Å². The third-order valence-electron chi connectivity index (χ3n) is 3.12. The van der Waals surface area contributed by atoms with Crippen molar-refractivity contribution in [3.05, 3.63) is 41.5 Å². The minimum absolute atomic E-state index is 0.160. The van der Waals surface area contributed by atoms with Crippen LogP contribution in [0.3, 0.4) is 0 Å². The van der Waals surface area contributed by atoms with Crippen LogP contribution in [0.4, 0.5) is 13.2 Å². The van der Waals surface area contributed by atoms with E-state index in [1.807, 2.05) is 6.92 Å². The molecule has 1 unspecified atom stereocenters. The summed E-state index contributed by atoms with van der Waals surface area (Å²) < 4.78 is 40.3. The number of allylic oxidation sites excluding steroid dienone is 2. The van der Waals surface area contributed by atoms with E-state index in [1.54, 1.807) is 6.07 Å². The van der Waals surface area contributed by atoms with Crippen molar-refractivity contribution in [3.8, 4) is 5.75 Å². The van der Waals surface area contributed by atoms with Gasteiger partial charge in [-0.05, 0) is 48.9 Å². The highest BCUT2D eigenvalue weighted by Gasteiger charge is 2.31. The molecule has 0 fully saturated rings. The highest BCUT2D eigenvalue weighted by Crippen LogP contribution is 2.29. The Kier molecular flexibility index (Phi) is 6.11. The molecule has 0 saturated heterocycles. The van der Waals surface area contributed by atoms with Crippen molar-refractivity contribution >= 4 is 0 Å². The standard InChI is InChI=1S/C16H21F3O/c1-4-5-6-7-8-12(2)15-10-9-14(11-13(15)3)20-16(17,18)19/h6-7,9-12H,4-5,8H2,1-3H3. The van der Waals surface area contributed by atoms with Gasteiger partial charge < -0.3 is 4.74 Å². The highest BCUT2D eigenvalue weighted by atomic mass is 19.4. The molecule has 1 aromatic carbocycles. The van der Waals surface area contributed by atoms with Gasteiger partial charge in [-0.1, -0.05) is 38.5 Å². The molecule has 1 atom stereocenters. The predicted molar refractivity (Wildman–Crippen MR) is 74.9 cm³/mol. The van der Waals surface area contributed by atoms with Crippen LogP contribution in [0.25, 0.3) is 0 Å². The molecule has 20 heavy (non-hydrogen) atoms. The normalized spacial score (nSPS) is 13.7. The summed E-state index contributed by atoms with van der Waals surface area (Å²) in [5.74, 6) is 0.121. The molecule has 0 radical (unpaired) electrons. The average Bonchev–Trinajstić information content (AvgIpc) is 2.32. The summed E-state index contributed by atoms with van der Waals surface area (Å²) in [5.41, 5.74) is 1.88. The molecule has 0 aromatic heterocycles. The summed E-state index contributed by atoms with van der Waals surface area (Å²) in [6.07, 6.45) is 2.71. The maximum absolute atomic E-state index is 12.1. The van der Waals surface area contributed by atoms with Gasteiger partial charge in [0.05, 0.1) is 0 Å². The first kappa shape index (κ1) is 16.6. The topological polar surface area (TPSA) is 9.23 Å². The Morgan fingerprint density at radius 3 is 2.50 bits per heavy atom. The van der Waals surface area contributed by atoms with E-state index in [2.05, 4.69) is 30.7 Å². The molecule has 0 amide bonds. The van der Waals surface area contributed by atoms with E-state index < -0.39 is 6.36 Å². The van der Waals surface area contributed by atoms with Crippen LogP contribution in [0, 0.1) is 6.92 Å². The van der Waals surface area contributed by atoms with E-state index >= 15 is 0 Å². The van der Waals surface area contributed by atoms with Gasteiger partial charge in [0.1, 0.15) is 5.75 Å². The second-order valence-electron chi connectivity index (χ2n) is 4.96. The Morgan fingerprint density at radius 2 is 1.95 bits per heavy atom. The molecule has 1 rings (SSSR count). The van der Waals surface area contributed by atoms with E-state index in [1.165, 1.54) is 12.1 Å². The molecule has 1 aromatic rings. The highest BCUT2D eigenvalue weighted by molar-refractivity contribution is 5.37. The molecule has 0 aliphatic rings. The van der Waals surface area contributed by atoms with E-state index in [0.29, 0.717) is 0 Å². The molecule has 0 aliphatic carbocycles. The fourth-order valence-corrected chi connectivity index (χ4v) is 2.11. The van der Waals surface area contributed by atoms with Gasteiger partial charge >= 0.3 is 6.36 Å². The van der Waals surface area contributed by atoms with E-state index in [-0.39, 0.29) is 11.7 Å². The largest absolute Gasteiger partial charge is 0.573 e. The lowest BCUT2D eigenvalue weighted by molar-refractivity contribution is -0.274. The molecule has 1 nitrogen and oxygen atoms in total. The van der Waals surface area contributed by atoms with Gasteiger partial charge in [0.2, 0.25) is 0 Å². The number of hydrogen-bond donors (Lipinski definition) is 0. The fraction of sp³-hybridized carbons (Fsp3) is 0.500. The minimum atomic E-state index is -4.64. The lowest BCUT2D eigenvalue weighted by Gasteiger charge is -2.15. The van der Waals surface area contributed by atoms with Crippen molar-refractivity contribution in [2.45, 2.75) is 52.3 Å². The zero-order chi connectivity index (χ0) is 15.2. The monoisotopic (exact) mass is 286 g/mol. The summed E-state index contributed by atoms with van der Waals surface area (Å²) in [6.45, 7) is 6.00. The molecular weight excluding hydrogens is 265 g/mol. The maximum atomic E-state index is 12.1. The van der Waals surface area contributed by atoms with Crippen molar-refractivity contribution in [2.24, 2.45) is 0 Å². The summed E-state index contributed by atoms with van der Waals surface area (Å²) in [6, 6.07) is 4.53. The minimum Gasteiger partial charge on any atom is -0.406 e. The summed E-state index contributed by atoms with van der Waals surface area (Å²) >= 11 is 0. The zero-order valence-electron chi connectivity index (χ0n) is 12.1. The Bertz CT molecular complexity index is 450. The number of alkyl halides is 3. The van der Waals surface area contributed by atoms with Gasteiger partial charge in [0.15, 0.2) is 0 Å². The zero-order valence-corrected chi connectivity index (χ0v) is 12.1. The van der Waals surface area contributed by atoms with Crippen molar-refractivity contribution in [1.29, 1.82) is 0 Å². The molecule has 0 aliphatic heterocycles. The molecule has 0 saturated carbocycles. The van der Waals surface area contributed by atoms with Gasteiger partial charge in [-0.25, -0.2) is 0 Å². The second kappa shape index (κ2) is 7.36. The molecule has 0 heterocycles. The van der Waals surface area contributed by atoms with Crippen LogP contribution in [0.1, 0.15) is 50.2 Å². The Hall–Kier alpha value is -1.45. The molecule has 0 N–H and O–H groups in total. The summed E-state index contributed by atoms with van der Waals surface area (Å²) in [5, 5.41) is 0. The van der Waals surface area contributed by atoms with Crippen LogP contribution in [-0.2, 0) is 0 Å². The Balaban J connectivity index is 2.72. The SMILES string of the molecule is CCCC=CCC(C)c1ccc(OC(F)(F)F)cc1C. The quantitative estimate of drug-likeness (QED) is 0.605. The second-order valence-corrected chi connectivity index (χ2v) is 4.96. The molecule has 4 heteroatoms. The lowest BCUT2D eigenvalue weighted by Crippen LogP contribution is -2.17. The van der Waals surface area contributed by atoms with Gasteiger partial charge in [-0.15, -0.1) is 13.2 Å². The number of hydrogen-bond acceptors (Lipinski definition) is 1. The van der Waals surface area contributed by atoms with E-state index in [4.69, 9.17) is 0 Å². The van der Waals surface area contributed by atoms with Crippen LogP contribution < -0.4 is 4.74 Å². The molecular formula is C16H21F3O. The van der Waals surface area contributed by atoms with Crippen LogP contribution in [0.2, 0.25) is 0 Å². The average molecular weight is 286 g/mol. The third-order valence-corrected chi connectivity index (χ3v) is 3.12. The number of benzene rings is 1. The van der Waals surface area contributed by atoms with Gasteiger partial charge in [-0.3, -0.25) is 0 Å². The van der Waals surface area contributed by atoms with E-state index in [0.717, 1.165) is 30.4 Å². The van der Waals surface area contributed by atoms with Gasteiger partial charge in [-0.2, -0.15) is 0 Å². The number of halogens is 3. The molecule has 0 bridgehead atoms. The maximum Gasteiger partial charge on any atom is 0.573 e. The van der Waals surface area contributed by atoms with Crippen molar-refractivity contribution in [3.63, 3.8) is 0 Å². The van der Waals surface area contributed by atoms with Crippen LogP contribution in [-0.4, -0.2) is 6.36 Å². The molecule has 0 spiro atoms. The number of aryl methyl sites for hydroxylation is 1. The summed E-state index contributed by atoms with van der Waals surface area (Å²) in [7, 11) is 0. The van der Waals surface area contributed by atoms with Crippen LogP contribution in [0.5, 0.6) is 5.75 Å². The first-order valence-electron chi connectivity index (χ1n) is 6.84. The van der Waals surface area contributed by atoms with E-state index in [9.17, 15) is 13.2 Å². The van der Waals surface area contributed by atoms with Crippen molar-refractivity contribution in [1.82, 2.24) is 0 Å². The van der Waals surface area contributed by atoms with Crippen molar-refractivity contribution < 1.29 is 17.9 Å². The lowest BCUT2D eigenvalue weighted by atomic mass is 9.93. The number of ether oxygens (including phenoxy) is 1. The summed E-state index contributed by atoms with van der Waals surface area (Å²) in [4.78, 5) is 0. The third kappa shape index (κ3) is 5.68. The fourth-order valence-electron chi connectivity index (χ4n) is 2.11. The number of unbranched alkanes of at least 4 members (excludes halogenated alkanes) is 1. The van der Waals surface area contributed by atoms with Gasteiger partial charge in [0, 0.05) is 0 Å². The first-order valence-corrected chi connectivity index (χ1v) is 6.84. The predicted octanol–water partition coefficient (Wildman–Crippen LogP) is 5.74. The van der Waals surface area contributed by atoms with Gasteiger partial charge in [0.25, 0.3) is 0 Å².